The third kappa shape index (κ3) is 5.46. The van der Waals surface area contributed by atoms with Crippen molar-refractivity contribution >= 4 is 53.1 Å². The van der Waals surface area contributed by atoms with Crippen LogP contribution >= 0.6 is 22.7 Å². The Morgan fingerprint density at radius 1 is 0.327 bits per heavy atom. The molecular formula is C46H28N4S2. The van der Waals surface area contributed by atoms with Gasteiger partial charge in [-0.3, -0.25) is 0 Å². The molecule has 10 aromatic rings. The van der Waals surface area contributed by atoms with Crippen molar-refractivity contribution in [1.29, 1.82) is 0 Å². The SMILES string of the molecule is c1ccc(-c2ccc(-c3nc(-c4ccccc4)nc(-c4cccc5c4sc4c(-c6nc7ccccc7s6)cc(-c6ccccc6)cc45)n3)cc2)cc1. The Hall–Kier alpha value is -6.34. The van der Waals surface area contributed by atoms with Crippen LogP contribution in [0.15, 0.2) is 170 Å². The van der Waals surface area contributed by atoms with Crippen LogP contribution in [-0.2, 0) is 0 Å². The first kappa shape index (κ1) is 30.5. The van der Waals surface area contributed by atoms with E-state index in [9.17, 15) is 0 Å². The summed E-state index contributed by atoms with van der Waals surface area (Å²) < 4.78 is 3.52. The van der Waals surface area contributed by atoms with Gasteiger partial charge in [0.1, 0.15) is 5.01 Å². The molecule has 0 amide bonds. The number of rotatable bonds is 6. The van der Waals surface area contributed by atoms with Crippen LogP contribution in [0.3, 0.4) is 0 Å². The smallest absolute Gasteiger partial charge is 0.165 e. The zero-order chi connectivity index (χ0) is 34.4. The molecule has 0 fully saturated rings. The summed E-state index contributed by atoms with van der Waals surface area (Å²) in [5.41, 5.74) is 9.70. The number of fused-ring (bicyclic) bond motifs is 4. The Balaban J connectivity index is 1.18. The zero-order valence-corrected chi connectivity index (χ0v) is 29.4. The highest BCUT2D eigenvalue weighted by molar-refractivity contribution is 7.27. The van der Waals surface area contributed by atoms with E-state index in [4.69, 9.17) is 19.9 Å². The molecule has 244 valence electrons. The minimum Gasteiger partial charge on any atom is -0.236 e. The fourth-order valence-corrected chi connectivity index (χ4v) is 9.16. The van der Waals surface area contributed by atoms with Crippen LogP contribution in [0.4, 0.5) is 0 Å². The van der Waals surface area contributed by atoms with Crippen molar-refractivity contribution in [3.63, 3.8) is 0 Å². The summed E-state index contributed by atoms with van der Waals surface area (Å²) in [7, 11) is 0. The first-order valence-corrected chi connectivity index (χ1v) is 18.8. The standard InChI is InChI=1S/C46H28N4S2/c1-4-13-29(14-5-1)31-23-25-33(26-24-31)44-48-43(32-17-8-3-9-18-32)49-45(50-44)36-20-12-19-35-37-27-34(30-15-6-2-7-16-30)28-38(42(37)52-41(35)36)46-47-39-21-10-11-22-40(39)51-46/h1-28H. The van der Waals surface area contributed by atoms with Crippen molar-refractivity contribution in [3.05, 3.63) is 170 Å². The Kier molecular flexibility index (Phi) is 7.48. The van der Waals surface area contributed by atoms with Crippen LogP contribution in [0, 0.1) is 0 Å². The molecule has 52 heavy (non-hydrogen) atoms. The fourth-order valence-electron chi connectivity index (χ4n) is 6.80. The van der Waals surface area contributed by atoms with E-state index in [0.717, 1.165) is 43.0 Å². The van der Waals surface area contributed by atoms with Gasteiger partial charge in [0.15, 0.2) is 17.5 Å². The van der Waals surface area contributed by atoms with E-state index in [1.54, 1.807) is 22.7 Å². The van der Waals surface area contributed by atoms with Crippen molar-refractivity contribution in [2.75, 3.05) is 0 Å². The molecule has 0 spiro atoms. The minimum atomic E-state index is 0.642. The van der Waals surface area contributed by atoms with Crippen LogP contribution in [0.5, 0.6) is 0 Å². The second kappa shape index (κ2) is 12.8. The fraction of sp³-hybridized carbons (Fsp3) is 0. The molecule has 0 bridgehead atoms. The normalized spacial score (nSPS) is 11.5. The van der Waals surface area contributed by atoms with Gasteiger partial charge in [-0.15, -0.1) is 22.7 Å². The van der Waals surface area contributed by atoms with Crippen molar-refractivity contribution < 1.29 is 0 Å². The van der Waals surface area contributed by atoms with E-state index < -0.39 is 0 Å². The van der Waals surface area contributed by atoms with Gasteiger partial charge in [-0.25, -0.2) is 19.9 Å². The lowest BCUT2D eigenvalue weighted by Crippen LogP contribution is -2.00. The summed E-state index contributed by atoms with van der Waals surface area (Å²) >= 11 is 3.53. The van der Waals surface area contributed by atoms with Gasteiger partial charge >= 0.3 is 0 Å². The third-order valence-corrected chi connectivity index (χ3v) is 11.7. The van der Waals surface area contributed by atoms with Gasteiger partial charge in [-0.05, 0) is 52.6 Å². The molecule has 0 atom stereocenters. The predicted molar refractivity (Wildman–Crippen MR) is 219 cm³/mol. The highest BCUT2D eigenvalue weighted by Crippen LogP contribution is 2.46. The number of hydrogen-bond acceptors (Lipinski definition) is 6. The largest absolute Gasteiger partial charge is 0.236 e. The van der Waals surface area contributed by atoms with Crippen molar-refractivity contribution in [1.82, 2.24) is 19.9 Å². The molecule has 0 aliphatic carbocycles. The molecule has 0 aliphatic heterocycles. The van der Waals surface area contributed by atoms with Crippen molar-refractivity contribution in [3.8, 4) is 67.0 Å². The van der Waals surface area contributed by atoms with Crippen LogP contribution in [-0.4, -0.2) is 19.9 Å². The van der Waals surface area contributed by atoms with Crippen LogP contribution in [0.1, 0.15) is 0 Å². The lowest BCUT2D eigenvalue weighted by Gasteiger charge is -2.10. The Morgan fingerprint density at radius 3 is 1.56 bits per heavy atom. The maximum absolute atomic E-state index is 5.17. The average Bonchev–Trinajstić information content (AvgIpc) is 3.83. The predicted octanol–water partition coefficient (Wildman–Crippen LogP) is 12.9. The van der Waals surface area contributed by atoms with Gasteiger partial charge in [0.05, 0.1) is 10.2 Å². The highest BCUT2D eigenvalue weighted by Gasteiger charge is 2.20. The summed E-state index contributed by atoms with van der Waals surface area (Å²) in [6.07, 6.45) is 0. The van der Waals surface area contributed by atoms with Gasteiger partial charge in [0, 0.05) is 42.4 Å². The quantitative estimate of drug-likeness (QED) is 0.173. The Morgan fingerprint density at radius 2 is 0.865 bits per heavy atom. The van der Waals surface area contributed by atoms with Crippen molar-refractivity contribution in [2.45, 2.75) is 0 Å². The van der Waals surface area contributed by atoms with Gasteiger partial charge in [0.2, 0.25) is 0 Å². The number of thiophene rings is 1. The molecule has 10 rings (SSSR count). The second-order valence-corrected chi connectivity index (χ2v) is 14.7. The van der Waals surface area contributed by atoms with E-state index in [2.05, 4.69) is 146 Å². The maximum atomic E-state index is 5.17. The molecule has 0 saturated heterocycles. The minimum absolute atomic E-state index is 0.642. The van der Waals surface area contributed by atoms with Gasteiger partial charge in [0.25, 0.3) is 0 Å². The number of aromatic nitrogens is 4. The van der Waals surface area contributed by atoms with E-state index in [-0.39, 0.29) is 0 Å². The molecule has 6 heteroatoms. The van der Waals surface area contributed by atoms with E-state index in [1.807, 2.05) is 24.3 Å². The number of hydrogen-bond donors (Lipinski definition) is 0. The van der Waals surface area contributed by atoms with E-state index in [0.29, 0.717) is 17.5 Å². The molecule has 7 aromatic carbocycles. The molecular weight excluding hydrogens is 673 g/mol. The average molecular weight is 701 g/mol. The highest BCUT2D eigenvalue weighted by atomic mass is 32.1. The molecule has 4 nitrogen and oxygen atoms in total. The Bertz CT molecular complexity index is 2850. The van der Waals surface area contributed by atoms with E-state index >= 15 is 0 Å². The second-order valence-electron chi connectivity index (χ2n) is 12.7. The first-order chi connectivity index (χ1) is 25.7. The van der Waals surface area contributed by atoms with Crippen LogP contribution in [0.25, 0.3) is 97.4 Å². The number of para-hydroxylation sites is 1. The van der Waals surface area contributed by atoms with Crippen LogP contribution in [0.2, 0.25) is 0 Å². The monoisotopic (exact) mass is 700 g/mol. The summed E-state index contributed by atoms with van der Waals surface area (Å²) in [6, 6.07) is 59.1. The topological polar surface area (TPSA) is 51.6 Å². The molecule has 0 saturated carbocycles. The molecule has 0 N–H and O–H groups in total. The summed E-state index contributed by atoms with van der Waals surface area (Å²) in [4.78, 5) is 20.4. The van der Waals surface area contributed by atoms with Crippen molar-refractivity contribution in [2.24, 2.45) is 0 Å². The zero-order valence-electron chi connectivity index (χ0n) is 27.8. The molecule has 0 unspecified atom stereocenters. The van der Waals surface area contributed by atoms with Crippen LogP contribution < -0.4 is 0 Å². The van der Waals surface area contributed by atoms with Gasteiger partial charge < -0.3 is 0 Å². The summed E-state index contributed by atoms with van der Waals surface area (Å²) in [5, 5.41) is 3.39. The lowest BCUT2D eigenvalue weighted by molar-refractivity contribution is 1.08. The molecule has 0 radical (unpaired) electrons. The summed E-state index contributed by atoms with van der Waals surface area (Å²) in [6.45, 7) is 0. The maximum Gasteiger partial charge on any atom is 0.165 e. The number of nitrogens with zero attached hydrogens (tertiary/aromatic N) is 4. The lowest BCUT2D eigenvalue weighted by atomic mass is 9.99. The molecule has 3 heterocycles. The van der Waals surface area contributed by atoms with Gasteiger partial charge in [-0.1, -0.05) is 140 Å². The number of thiazole rings is 1. The number of benzene rings is 7. The molecule has 0 aliphatic rings. The third-order valence-electron chi connectivity index (χ3n) is 9.39. The Labute approximate surface area is 308 Å². The molecule has 3 aromatic heterocycles. The first-order valence-electron chi connectivity index (χ1n) is 17.1. The summed E-state index contributed by atoms with van der Waals surface area (Å²) in [5.74, 6) is 1.94. The van der Waals surface area contributed by atoms with E-state index in [1.165, 1.54) is 36.9 Å². The van der Waals surface area contributed by atoms with Gasteiger partial charge in [-0.2, -0.15) is 0 Å².